The first-order valence-corrected chi connectivity index (χ1v) is 4.26. The molecule has 2 aromatic rings. The molecule has 0 saturated heterocycles. The zero-order valence-electron chi connectivity index (χ0n) is 6.10. The largest absolute Gasteiger partial charge is 0.390 e. The van der Waals surface area contributed by atoms with E-state index in [2.05, 4.69) is 4.98 Å². The van der Waals surface area contributed by atoms with E-state index in [1.54, 1.807) is 11.6 Å². The van der Waals surface area contributed by atoms with Gasteiger partial charge in [-0.25, -0.2) is 4.98 Å². The van der Waals surface area contributed by atoms with Gasteiger partial charge < -0.3 is 5.11 Å². The number of fused-ring (bicyclic) bond motifs is 1. The highest BCUT2D eigenvalue weighted by molar-refractivity contribution is 7.15. The van der Waals surface area contributed by atoms with Crippen molar-refractivity contribution in [3.63, 3.8) is 0 Å². The molecule has 5 heteroatoms. The molecule has 0 bridgehead atoms. The zero-order chi connectivity index (χ0) is 8.55. The van der Waals surface area contributed by atoms with Crippen LogP contribution in [0.3, 0.4) is 0 Å². The summed E-state index contributed by atoms with van der Waals surface area (Å²) in [6, 6.07) is 1.33. The third-order valence-electron chi connectivity index (χ3n) is 1.52. The lowest BCUT2D eigenvalue weighted by Crippen LogP contribution is -2.12. The lowest BCUT2D eigenvalue weighted by Gasteiger charge is -1.94. The molecule has 0 spiro atoms. The average molecular weight is 182 g/mol. The second-order valence-corrected chi connectivity index (χ2v) is 3.17. The Bertz CT molecular complexity index is 460. The zero-order valence-corrected chi connectivity index (χ0v) is 6.91. The smallest absolute Gasteiger partial charge is 0.258 e. The normalized spacial score (nSPS) is 10.8. The summed E-state index contributed by atoms with van der Waals surface area (Å²) in [4.78, 5) is 15.9. The lowest BCUT2D eigenvalue weighted by molar-refractivity contribution is 0.277. The molecule has 0 unspecified atom stereocenters. The summed E-state index contributed by atoms with van der Waals surface area (Å²) < 4.78 is 1.45. The minimum Gasteiger partial charge on any atom is -0.390 e. The van der Waals surface area contributed by atoms with E-state index in [-0.39, 0.29) is 12.2 Å². The monoisotopic (exact) mass is 182 g/mol. The van der Waals surface area contributed by atoms with Crippen LogP contribution in [0.15, 0.2) is 22.4 Å². The summed E-state index contributed by atoms with van der Waals surface area (Å²) in [7, 11) is 0. The fourth-order valence-electron chi connectivity index (χ4n) is 0.969. The molecule has 4 nitrogen and oxygen atoms in total. The van der Waals surface area contributed by atoms with Crippen molar-refractivity contribution in [1.29, 1.82) is 0 Å². The van der Waals surface area contributed by atoms with Crippen molar-refractivity contribution in [2.75, 3.05) is 0 Å². The van der Waals surface area contributed by atoms with Gasteiger partial charge in [0.1, 0.15) is 0 Å². The van der Waals surface area contributed by atoms with E-state index in [1.165, 1.54) is 21.8 Å². The number of aliphatic hydroxyl groups is 1. The molecule has 0 amide bonds. The van der Waals surface area contributed by atoms with Gasteiger partial charge >= 0.3 is 0 Å². The Morgan fingerprint density at radius 2 is 2.50 bits per heavy atom. The molecule has 2 rings (SSSR count). The SMILES string of the molecule is O=c1cc(CO)nc2sccn12. The Morgan fingerprint density at radius 3 is 3.25 bits per heavy atom. The van der Waals surface area contributed by atoms with Crippen molar-refractivity contribution >= 4 is 16.3 Å². The number of nitrogens with zero attached hydrogens (tertiary/aromatic N) is 2. The van der Waals surface area contributed by atoms with Crippen LogP contribution in [0.2, 0.25) is 0 Å². The van der Waals surface area contributed by atoms with Crippen LogP contribution in [0.25, 0.3) is 4.96 Å². The Balaban J connectivity index is 2.84. The van der Waals surface area contributed by atoms with Crippen LogP contribution >= 0.6 is 11.3 Å². The van der Waals surface area contributed by atoms with Gasteiger partial charge in [0.25, 0.3) is 5.56 Å². The first kappa shape index (κ1) is 7.45. The maximum absolute atomic E-state index is 11.2. The predicted octanol–water partition coefficient (Wildman–Crippen LogP) is 0.248. The maximum Gasteiger partial charge on any atom is 0.258 e. The number of thiazole rings is 1. The topological polar surface area (TPSA) is 54.6 Å². The fraction of sp³-hybridized carbons (Fsp3) is 0.143. The summed E-state index contributed by atoms with van der Waals surface area (Å²) in [5.41, 5.74) is 0.271. The van der Waals surface area contributed by atoms with Gasteiger partial charge in [0.15, 0.2) is 4.96 Å². The summed E-state index contributed by atoms with van der Waals surface area (Å²) >= 11 is 1.37. The molecule has 2 heterocycles. The first-order chi connectivity index (χ1) is 5.81. The lowest BCUT2D eigenvalue weighted by atomic mass is 10.4. The van der Waals surface area contributed by atoms with Crippen molar-refractivity contribution in [2.45, 2.75) is 6.61 Å². The van der Waals surface area contributed by atoms with Gasteiger partial charge in [-0.05, 0) is 0 Å². The molecule has 2 aromatic heterocycles. The number of hydrogen-bond donors (Lipinski definition) is 1. The Kier molecular flexibility index (Phi) is 1.67. The minimum atomic E-state index is -0.191. The summed E-state index contributed by atoms with van der Waals surface area (Å²) in [5.74, 6) is 0. The highest BCUT2D eigenvalue weighted by atomic mass is 32.1. The van der Waals surface area contributed by atoms with Crippen LogP contribution in [0.1, 0.15) is 5.69 Å². The van der Waals surface area contributed by atoms with E-state index >= 15 is 0 Å². The molecule has 0 aliphatic heterocycles. The van der Waals surface area contributed by atoms with E-state index in [0.717, 1.165) is 0 Å². The van der Waals surface area contributed by atoms with Crippen molar-refractivity contribution in [1.82, 2.24) is 9.38 Å². The van der Waals surface area contributed by atoms with Crippen LogP contribution in [0.5, 0.6) is 0 Å². The molecule has 62 valence electrons. The number of rotatable bonds is 1. The Labute approximate surface area is 71.7 Å². The molecule has 0 saturated carbocycles. The van der Waals surface area contributed by atoms with E-state index in [9.17, 15) is 4.79 Å². The molecule has 1 N–H and O–H groups in total. The standard InChI is InChI=1S/C7H6N2O2S/c10-4-5-3-6(11)9-1-2-12-7(9)8-5/h1-3,10H,4H2. The molecule has 0 aliphatic rings. The van der Waals surface area contributed by atoms with Crippen LogP contribution in [0.4, 0.5) is 0 Å². The van der Waals surface area contributed by atoms with E-state index in [0.29, 0.717) is 10.7 Å². The van der Waals surface area contributed by atoms with Gasteiger partial charge in [0.05, 0.1) is 12.3 Å². The van der Waals surface area contributed by atoms with Crippen molar-refractivity contribution < 1.29 is 5.11 Å². The molecule has 0 radical (unpaired) electrons. The highest BCUT2D eigenvalue weighted by Crippen LogP contribution is 2.05. The predicted molar refractivity (Wildman–Crippen MR) is 45.3 cm³/mol. The number of hydrogen-bond acceptors (Lipinski definition) is 4. The number of aliphatic hydroxyl groups excluding tert-OH is 1. The number of aromatic nitrogens is 2. The minimum absolute atomic E-state index is 0.148. The van der Waals surface area contributed by atoms with Crippen molar-refractivity contribution in [3.8, 4) is 0 Å². The fourth-order valence-corrected chi connectivity index (χ4v) is 1.71. The maximum atomic E-state index is 11.2. The van der Waals surface area contributed by atoms with Gasteiger partial charge in [0.2, 0.25) is 0 Å². The Morgan fingerprint density at radius 1 is 1.67 bits per heavy atom. The molecule has 0 aromatic carbocycles. The van der Waals surface area contributed by atoms with E-state index < -0.39 is 0 Å². The quantitative estimate of drug-likeness (QED) is 0.687. The molecule has 0 aliphatic carbocycles. The van der Waals surface area contributed by atoms with Crippen LogP contribution in [-0.4, -0.2) is 14.5 Å². The van der Waals surface area contributed by atoms with Gasteiger partial charge in [-0.1, -0.05) is 0 Å². The van der Waals surface area contributed by atoms with Crippen molar-refractivity contribution in [2.24, 2.45) is 0 Å². The van der Waals surface area contributed by atoms with Crippen LogP contribution < -0.4 is 5.56 Å². The van der Waals surface area contributed by atoms with E-state index in [1.807, 2.05) is 0 Å². The highest BCUT2D eigenvalue weighted by Gasteiger charge is 2.00. The summed E-state index contributed by atoms with van der Waals surface area (Å²) in [6.07, 6.45) is 1.66. The molecule has 0 fully saturated rings. The average Bonchev–Trinajstić information content (AvgIpc) is 2.52. The van der Waals surface area contributed by atoms with Crippen LogP contribution in [0, 0.1) is 0 Å². The third-order valence-corrected chi connectivity index (χ3v) is 2.27. The van der Waals surface area contributed by atoms with Gasteiger partial charge in [-0.2, -0.15) is 0 Å². The second kappa shape index (κ2) is 2.69. The molecule has 12 heavy (non-hydrogen) atoms. The first-order valence-electron chi connectivity index (χ1n) is 3.38. The molecule has 0 atom stereocenters. The van der Waals surface area contributed by atoms with Crippen LogP contribution in [-0.2, 0) is 6.61 Å². The summed E-state index contributed by atoms with van der Waals surface area (Å²) in [5, 5.41) is 10.5. The molecular formula is C7H6N2O2S. The summed E-state index contributed by atoms with van der Waals surface area (Å²) in [6.45, 7) is -0.191. The van der Waals surface area contributed by atoms with Gasteiger partial charge in [-0.15, -0.1) is 11.3 Å². The molecular weight excluding hydrogens is 176 g/mol. The van der Waals surface area contributed by atoms with E-state index in [4.69, 9.17) is 5.11 Å². The second-order valence-electron chi connectivity index (χ2n) is 2.30. The third kappa shape index (κ3) is 1.03. The Hall–Kier alpha value is -1.20. The van der Waals surface area contributed by atoms with Gasteiger partial charge in [0, 0.05) is 17.6 Å². The van der Waals surface area contributed by atoms with Crippen molar-refractivity contribution in [3.05, 3.63) is 33.7 Å². The van der Waals surface area contributed by atoms with Gasteiger partial charge in [-0.3, -0.25) is 9.20 Å².